The van der Waals surface area contributed by atoms with Crippen LogP contribution in [0.4, 0.5) is 0 Å². The summed E-state index contributed by atoms with van der Waals surface area (Å²) in [6, 6.07) is 1.89. The van der Waals surface area contributed by atoms with Crippen molar-refractivity contribution in [3.05, 3.63) is 23.3 Å². The Morgan fingerprint density at radius 2 is 2.19 bits per heavy atom. The lowest BCUT2D eigenvalue weighted by atomic mass is 9.94. The SMILES string of the molecule is Cc1nc(C(=O)NCC2CC2)cc(C2CCCN(C)C2)n1. The average molecular weight is 288 g/mol. The van der Waals surface area contributed by atoms with Crippen molar-refractivity contribution in [1.82, 2.24) is 20.2 Å². The molecule has 5 heteroatoms. The van der Waals surface area contributed by atoms with Gasteiger partial charge in [-0.1, -0.05) is 0 Å². The minimum Gasteiger partial charge on any atom is -0.350 e. The van der Waals surface area contributed by atoms with Gasteiger partial charge in [0.25, 0.3) is 5.91 Å². The number of carbonyl (C=O) groups excluding carboxylic acids is 1. The summed E-state index contributed by atoms with van der Waals surface area (Å²) in [7, 11) is 2.14. The Labute approximate surface area is 126 Å². The number of rotatable bonds is 4. The second kappa shape index (κ2) is 6.10. The van der Waals surface area contributed by atoms with Crippen molar-refractivity contribution < 1.29 is 4.79 Å². The Hall–Kier alpha value is -1.49. The zero-order valence-electron chi connectivity index (χ0n) is 12.9. The first-order valence-electron chi connectivity index (χ1n) is 7.94. The molecule has 1 aromatic heterocycles. The van der Waals surface area contributed by atoms with Crippen LogP contribution < -0.4 is 5.32 Å². The molecular weight excluding hydrogens is 264 g/mol. The van der Waals surface area contributed by atoms with Gasteiger partial charge < -0.3 is 10.2 Å². The Morgan fingerprint density at radius 1 is 1.38 bits per heavy atom. The highest BCUT2D eigenvalue weighted by Gasteiger charge is 2.24. The summed E-state index contributed by atoms with van der Waals surface area (Å²) in [6.07, 6.45) is 4.81. The van der Waals surface area contributed by atoms with Crippen LogP contribution in [0.5, 0.6) is 0 Å². The zero-order valence-corrected chi connectivity index (χ0v) is 12.9. The number of aryl methyl sites for hydroxylation is 1. The van der Waals surface area contributed by atoms with Gasteiger partial charge in [0.05, 0.1) is 0 Å². The maximum atomic E-state index is 12.2. The number of likely N-dealkylation sites (tertiary alicyclic amines) is 1. The van der Waals surface area contributed by atoms with Crippen molar-refractivity contribution in [2.45, 2.75) is 38.5 Å². The highest BCUT2D eigenvalue weighted by atomic mass is 16.1. The van der Waals surface area contributed by atoms with Gasteiger partial charge in [0.1, 0.15) is 11.5 Å². The van der Waals surface area contributed by atoms with E-state index in [1.165, 1.54) is 19.3 Å². The van der Waals surface area contributed by atoms with E-state index in [1.807, 2.05) is 13.0 Å². The highest BCUT2D eigenvalue weighted by Crippen LogP contribution is 2.28. The van der Waals surface area contributed by atoms with Gasteiger partial charge in [-0.05, 0) is 58.2 Å². The summed E-state index contributed by atoms with van der Waals surface area (Å²) in [4.78, 5) is 23.4. The molecule has 2 aliphatic rings. The molecule has 1 saturated carbocycles. The Morgan fingerprint density at radius 3 is 2.90 bits per heavy atom. The van der Waals surface area contributed by atoms with Gasteiger partial charge in [0.15, 0.2) is 0 Å². The van der Waals surface area contributed by atoms with E-state index in [2.05, 4.69) is 27.2 Å². The molecular formula is C16H24N4O. The number of hydrogen-bond donors (Lipinski definition) is 1. The van der Waals surface area contributed by atoms with Crippen LogP contribution in [0.25, 0.3) is 0 Å². The maximum absolute atomic E-state index is 12.2. The summed E-state index contributed by atoms with van der Waals surface area (Å²) in [5, 5.41) is 2.99. The summed E-state index contributed by atoms with van der Waals surface area (Å²) in [5.41, 5.74) is 1.54. The van der Waals surface area contributed by atoms with Crippen LogP contribution in [-0.4, -0.2) is 47.5 Å². The highest BCUT2D eigenvalue weighted by molar-refractivity contribution is 5.92. The molecule has 2 fully saturated rings. The van der Waals surface area contributed by atoms with Crippen LogP contribution in [0.1, 0.15) is 53.6 Å². The Balaban J connectivity index is 1.73. The van der Waals surface area contributed by atoms with Crippen molar-refractivity contribution in [3.63, 3.8) is 0 Å². The average Bonchev–Trinajstić information content (AvgIpc) is 3.28. The largest absolute Gasteiger partial charge is 0.350 e. The lowest BCUT2D eigenvalue weighted by Gasteiger charge is -2.29. The van der Waals surface area contributed by atoms with Crippen molar-refractivity contribution in [2.75, 3.05) is 26.7 Å². The molecule has 114 valence electrons. The van der Waals surface area contributed by atoms with Crippen LogP contribution in [0.2, 0.25) is 0 Å². The summed E-state index contributed by atoms with van der Waals surface area (Å²) in [6.45, 7) is 4.81. The molecule has 1 saturated heterocycles. The minimum absolute atomic E-state index is 0.0576. The standard InChI is InChI=1S/C16H24N4O/c1-11-18-14(13-4-3-7-20(2)10-13)8-15(19-11)16(21)17-9-12-5-6-12/h8,12-13H,3-7,9-10H2,1-2H3,(H,17,21). The molecule has 0 bridgehead atoms. The number of carbonyl (C=O) groups is 1. The molecule has 3 rings (SSSR count). The molecule has 1 atom stereocenters. The van der Waals surface area contributed by atoms with E-state index in [9.17, 15) is 4.79 Å². The van der Waals surface area contributed by atoms with Crippen LogP contribution in [0.3, 0.4) is 0 Å². The fourth-order valence-electron chi connectivity index (χ4n) is 2.97. The van der Waals surface area contributed by atoms with Gasteiger partial charge >= 0.3 is 0 Å². The molecule has 0 spiro atoms. The molecule has 1 unspecified atom stereocenters. The van der Waals surface area contributed by atoms with Crippen LogP contribution in [0.15, 0.2) is 6.07 Å². The molecule has 1 aliphatic heterocycles. The number of piperidine rings is 1. The Kier molecular flexibility index (Phi) is 4.19. The van der Waals surface area contributed by atoms with E-state index in [0.29, 0.717) is 23.4 Å². The number of nitrogens with zero attached hydrogens (tertiary/aromatic N) is 3. The molecule has 1 aromatic rings. The van der Waals surface area contributed by atoms with Gasteiger partial charge in [-0.2, -0.15) is 0 Å². The normalized spacial score (nSPS) is 23.0. The van der Waals surface area contributed by atoms with Gasteiger partial charge in [0.2, 0.25) is 0 Å². The molecule has 21 heavy (non-hydrogen) atoms. The van der Waals surface area contributed by atoms with Crippen molar-refractivity contribution in [3.8, 4) is 0 Å². The number of amides is 1. The third-order valence-electron chi connectivity index (χ3n) is 4.38. The number of aromatic nitrogens is 2. The van der Waals surface area contributed by atoms with E-state index in [1.54, 1.807) is 0 Å². The molecule has 5 nitrogen and oxygen atoms in total. The van der Waals surface area contributed by atoms with Crippen molar-refractivity contribution in [1.29, 1.82) is 0 Å². The maximum Gasteiger partial charge on any atom is 0.270 e. The number of hydrogen-bond acceptors (Lipinski definition) is 4. The summed E-state index contributed by atoms with van der Waals surface area (Å²) in [5.74, 6) is 1.74. The third kappa shape index (κ3) is 3.79. The van der Waals surface area contributed by atoms with Gasteiger partial charge in [-0.3, -0.25) is 4.79 Å². The van der Waals surface area contributed by atoms with Crippen LogP contribution >= 0.6 is 0 Å². The van der Waals surface area contributed by atoms with E-state index < -0.39 is 0 Å². The van der Waals surface area contributed by atoms with E-state index in [0.717, 1.165) is 31.7 Å². The number of nitrogens with one attached hydrogen (secondary N) is 1. The van der Waals surface area contributed by atoms with Crippen LogP contribution in [-0.2, 0) is 0 Å². The number of likely N-dealkylation sites (N-methyl/N-ethyl adjacent to an activating group) is 1. The fourth-order valence-corrected chi connectivity index (χ4v) is 2.97. The van der Waals surface area contributed by atoms with Gasteiger partial charge in [-0.15, -0.1) is 0 Å². The lowest BCUT2D eigenvalue weighted by Crippen LogP contribution is -2.32. The summed E-state index contributed by atoms with van der Waals surface area (Å²) < 4.78 is 0. The molecule has 2 heterocycles. The topological polar surface area (TPSA) is 58.1 Å². The molecule has 0 radical (unpaired) electrons. The first kappa shape index (κ1) is 14.4. The minimum atomic E-state index is -0.0576. The van der Waals surface area contributed by atoms with Crippen molar-refractivity contribution >= 4 is 5.91 Å². The monoisotopic (exact) mass is 288 g/mol. The van der Waals surface area contributed by atoms with E-state index in [4.69, 9.17) is 0 Å². The summed E-state index contributed by atoms with van der Waals surface area (Å²) >= 11 is 0. The lowest BCUT2D eigenvalue weighted by molar-refractivity contribution is 0.0946. The quantitative estimate of drug-likeness (QED) is 0.917. The zero-order chi connectivity index (χ0) is 14.8. The van der Waals surface area contributed by atoms with Crippen molar-refractivity contribution in [2.24, 2.45) is 5.92 Å². The smallest absolute Gasteiger partial charge is 0.270 e. The first-order valence-corrected chi connectivity index (χ1v) is 7.94. The fraction of sp³-hybridized carbons (Fsp3) is 0.688. The van der Waals surface area contributed by atoms with Crippen LogP contribution in [0, 0.1) is 12.8 Å². The van der Waals surface area contributed by atoms with Gasteiger partial charge in [0, 0.05) is 24.7 Å². The third-order valence-corrected chi connectivity index (χ3v) is 4.38. The second-order valence-corrected chi connectivity index (χ2v) is 6.48. The predicted octanol–water partition coefficient (Wildman–Crippen LogP) is 1.73. The van der Waals surface area contributed by atoms with E-state index >= 15 is 0 Å². The Bertz CT molecular complexity index is 527. The van der Waals surface area contributed by atoms with E-state index in [-0.39, 0.29) is 5.91 Å². The molecule has 1 amide bonds. The predicted molar refractivity (Wildman–Crippen MR) is 81.3 cm³/mol. The molecule has 1 N–H and O–H groups in total. The molecule has 1 aliphatic carbocycles. The molecule has 0 aromatic carbocycles. The second-order valence-electron chi connectivity index (χ2n) is 6.48. The van der Waals surface area contributed by atoms with Gasteiger partial charge in [-0.25, -0.2) is 9.97 Å². The first-order chi connectivity index (χ1) is 10.1.